The van der Waals surface area contributed by atoms with Crippen LogP contribution in [0, 0.1) is 0 Å². The van der Waals surface area contributed by atoms with Crippen LogP contribution in [-0.4, -0.2) is 50.3 Å². The summed E-state index contributed by atoms with van der Waals surface area (Å²) in [6.45, 7) is 6.45. The second kappa shape index (κ2) is 8.40. The van der Waals surface area contributed by atoms with Crippen molar-refractivity contribution in [2.45, 2.75) is 38.3 Å². The van der Waals surface area contributed by atoms with E-state index in [2.05, 4.69) is 54.5 Å². The summed E-state index contributed by atoms with van der Waals surface area (Å²) >= 11 is 0. The van der Waals surface area contributed by atoms with Gasteiger partial charge in [-0.15, -0.1) is 0 Å². The predicted molar refractivity (Wildman–Crippen MR) is 84.1 cm³/mol. The van der Waals surface area contributed by atoms with Crippen molar-refractivity contribution in [3.8, 4) is 0 Å². The first-order valence-electron chi connectivity index (χ1n) is 7.88. The zero-order valence-corrected chi connectivity index (χ0v) is 12.8. The van der Waals surface area contributed by atoms with Gasteiger partial charge in [0.15, 0.2) is 0 Å². The average molecular weight is 276 g/mol. The fourth-order valence-corrected chi connectivity index (χ4v) is 2.98. The summed E-state index contributed by atoms with van der Waals surface area (Å²) in [5, 5.41) is 3.45. The molecule has 0 spiro atoms. The Balaban J connectivity index is 1.84. The summed E-state index contributed by atoms with van der Waals surface area (Å²) < 4.78 is 5.99. The summed E-state index contributed by atoms with van der Waals surface area (Å²) in [6, 6.07) is 11.2. The molecule has 0 saturated carbocycles. The van der Waals surface area contributed by atoms with Crippen molar-refractivity contribution in [3.63, 3.8) is 0 Å². The molecule has 2 atom stereocenters. The van der Waals surface area contributed by atoms with Crippen LogP contribution >= 0.6 is 0 Å². The van der Waals surface area contributed by atoms with Gasteiger partial charge in [0.05, 0.1) is 12.7 Å². The fraction of sp³-hybridized carbons (Fsp3) is 0.647. The molecule has 1 heterocycles. The minimum atomic E-state index is 0.323. The molecule has 0 radical (unpaired) electrons. The Morgan fingerprint density at radius 2 is 2.15 bits per heavy atom. The van der Waals surface area contributed by atoms with E-state index in [9.17, 15) is 0 Å². The number of nitrogens with zero attached hydrogens (tertiary/aromatic N) is 1. The number of ether oxygens (including phenoxy) is 1. The summed E-state index contributed by atoms with van der Waals surface area (Å²) in [5.74, 6) is 0. The van der Waals surface area contributed by atoms with Gasteiger partial charge in [0, 0.05) is 19.1 Å². The van der Waals surface area contributed by atoms with Crippen molar-refractivity contribution in [1.82, 2.24) is 10.2 Å². The quantitative estimate of drug-likeness (QED) is 0.827. The van der Waals surface area contributed by atoms with Crippen LogP contribution in [0.15, 0.2) is 30.3 Å². The molecule has 1 saturated heterocycles. The lowest BCUT2D eigenvalue weighted by Gasteiger charge is -2.37. The summed E-state index contributed by atoms with van der Waals surface area (Å²) in [4.78, 5) is 2.53. The third-order valence-corrected chi connectivity index (χ3v) is 4.12. The second-order valence-electron chi connectivity index (χ2n) is 5.63. The molecule has 0 amide bonds. The van der Waals surface area contributed by atoms with Gasteiger partial charge < -0.3 is 10.1 Å². The van der Waals surface area contributed by atoms with E-state index >= 15 is 0 Å². The first kappa shape index (κ1) is 15.5. The minimum absolute atomic E-state index is 0.323. The topological polar surface area (TPSA) is 24.5 Å². The zero-order valence-electron chi connectivity index (χ0n) is 12.8. The summed E-state index contributed by atoms with van der Waals surface area (Å²) in [5.41, 5.74) is 1.41. The Morgan fingerprint density at radius 3 is 2.85 bits per heavy atom. The van der Waals surface area contributed by atoms with Crippen molar-refractivity contribution in [1.29, 1.82) is 0 Å². The van der Waals surface area contributed by atoms with E-state index in [1.54, 1.807) is 0 Å². The van der Waals surface area contributed by atoms with Crippen LogP contribution in [0.5, 0.6) is 0 Å². The average Bonchev–Trinajstić information content (AvgIpc) is 2.50. The number of hydrogen-bond donors (Lipinski definition) is 1. The van der Waals surface area contributed by atoms with Gasteiger partial charge in [-0.25, -0.2) is 0 Å². The molecule has 1 aliphatic heterocycles. The van der Waals surface area contributed by atoms with Gasteiger partial charge in [0.2, 0.25) is 0 Å². The molecule has 1 N–H and O–H groups in total. The highest BCUT2D eigenvalue weighted by Gasteiger charge is 2.26. The Kier molecular flexibility index (Phi) is 6.51. The molecule has 20 heavy (non-hydrogen) atoms. The van der Waals surface area contributed by atoms with Crippen LogP contribution in [0.25, 0.3) is 0 Å². The largest absolute Gasteiger partial charge is 0.374 e. The van der Waals surface area contributed by atoms with E-state index in [0.717, 1.165) is 32.5 Å². The van der Waals surface area contributed by atoms with Crippen LogP contribution in [-0.2, 0) is 11.2 Å². The van der Waals surface area contributed by atoms with E-state index in [1.165, 1.54) is 18.5 Å². The van der Waals surface area contributed by atoms with Gasteiger partial charge in [-0.3, -0.25) is 4.90 Å². The number of aryl methyl sites for hydroxylation is 1. The highest BCUT2D eigenvalue weighted by atomic mass is 16.5. The summed E-state index contributed by atoms with van der Waals surface area (Å²) in [7, 11) is 2.05. The Bertz CT molecular complexity index is 367. The van der Waals surface area contributed by atoms with Gasteiger partial charge in [0.1, 0.15) is 0 Å². The fourth-order valence-electron chi connectivity index (χ4n) is 2.98. The van der Waals surface area contributed by atoms with Crippen molar-refractivity contribution in [2.75, 3.05) is 33.3 Å². The van der Waals surface area contributed by atoms with Crippen LogP contribution in [0.1, 0.15) is 25.3 Å². The summed E-state index contributed by atoms with van der Waals surface area (Å²) in [6.07, 6.45) is 3.79. The standard InChI is InChI=1S/C17H28N2O/c1-3-11-19-12-13-20-17(14-19)16(18-2)10-9-15-7-5-4-6-8-15/h4-8,16-18H,3,9-14H2,1-2H3. The van der Waals surface area contributed by atoms with Gasteiger partial charge in [-0.2, -0.15) is 0 Å². The molecular formula is C17H28N2O. The van der Waals surface area contributed by atoms with Crippen LogP contribution < -0.4 is 5.32 Å². The van der Waals surface area contributed by atoms with Crippen molar-refractivity contribution >= 4 is 0 Å². The molecular weight excluding hydrogens is 248 g/mol. The molecule has 2 unspecified atom stereocenters. The van der Waals surface area contributed by atoms with Crippen molar-refractivity contribution in [3.05, 3.63) is 35.9 Å². The van der Waals surface area contributed by atoms with E-state index in [-0.39, 0.29) is 0 Å². The van der Waals surface area contributed by atoms with Crippen molar-refractivity contribution in [2.24, 2.45) is 0 Å². The lowest BCUT2D eigenvalue weighted by Crippen LogP contribution is -2.51. The van der Waals surface area contributed by atoms with E-state index in [1.807, 2.05) is 0 Å². The van der Waals surface area contributed by atoms with E-state index in [4.69, 9.17) is 4.74 Å². The number of rotatable bonds is 7. The second-order valence-corrected chi connectivity index (χ2v) is 5.63. The van der Waals surface area contributed by atoms with Gasteiger partial charge >= 0.3 is 0 Å². The van der Waals surface area contributed by atoms with Crippen molar-refractivity contribution < 1.29 is 4.74 Å². The maximum absolute atomic E-state index is 5.99. The molecule has 1 fully saturated rings. The van der Waals surface area contributed by atoms with Crippen LogP contribution in [0.4, 0.5) is 0 Å². The first-order valence-corrected chi connectivity index (χ1v) is 7.88. The van der Waals surface area contributed by atoms with Crippen LogP contribution in [0.2, 0.25) is 0 Å². The van der Waals surface area contributed by atoms with Crippen LogP contribution in [0.3, 0.4) is 0 Å². The monoisotopic (exact) mass is 276 g/mol. The minimum Gasteiger partial charge on any atom is -0.374 e. The maximum atomic E-state index is 5.99. The molecule has 0 aliphatic carbocycles. The number of likely N-dealkylation sites (N-methyl/N-ethyl adjacent to an activating group) is 1. The molecule has 0 bridgehead atoms. The molecule has 2 rings (SSSR count). The molecule has 0 aromatic heterocycles. The third-order valence-electron chi connectivity index (χ3n) is 4.12. The third kappa shape index (κ3) is 4.58. The molecule has 112 valence electrons. The predicted octanol–water partition coefficient (Wildman–Crippen LogP) is 2.32. The Hall–Kier alpha value is -0.900. The van der Waals surface area contributed by atoms with Gasteiger partial charge in [-0.05, 0) is 38.4 Å². The highest BCUT2D eigenvalue weighted by molar-refractivity contribution is 5.14. The van der Waals surface area contributed by atoms with E-state index in [0.29, 0.717) is 12.1 Å². The number of benzene rings is 1. The molecule has 1 aliphatic rings. The molecule has 3 heteroatoms. The number of morpholine rings is 1. The highest BCUT2D eigenvalue weighted by Crippen LogP contribution is 2.14. The molecule has 1 aromatic rings. The lowest BCUT2D eigenvalue weighted by molar-refractivity contribution is -0.0463. The van der Waals surface area contributed by atoms with E-state index < -0.39 is 0 Å². The first-order chi connectivity index (χ1) is 9.83. The number of hydrogen-bond acceptors (Lipinski definition) is 3. The van der Waals surface area contributed by atoms with Gasteiger partial charge in [-0.1, -0.05) is 37.3 Å². The number of nitrogens with one attached hydrogen (secondary N) is 1. The maximum Gasteiger partial charge on any atom is 0.0855 e. The normalized spacial score (nSPS) is 21.8. The Labute approximate surface area is 123 Å². The molecule has 3 nitrogen and oxygen atoms in total. The van der Waals surface area contributed by atoms with Gasteiger partial charge in [0.25, 0.3) is 0 Å². The Morgan fingerprint density at radius 1 is 1.35 bits per heavy atom. The lowest BCUT2D eigenvalue weighted by atomic mass is 10.00. The zero-order chi connectivity index (χ0) is 14.2. The smallest absolute Gasteiger partial charge is 0.0855 e. The molecule has 1 aromatic carbocycles. The SMILES string of the molecule is CCCN1CCOC(C(CCc2ccccc2)NC)C1.